The fourth-order valence-electron chi connectivity index (χ4n) is 2.45. The zero-order valence-corrected chi connectivity index (χ0v) is 11.1. The lowest BCUT2D eigenvalue weighted by Crippen LogP contribution is -2.17. The predicted molar refractivity (Wildman–Crippen MR) is 71.5 cm³/mol. The molecule has 17 heavy (non-hydrogen) atoms. The molecule has 1 aliphatic carbocycles. The summed E-state index contributed by atoms with van der Waals surface area (Å²) < 4.78 is 6.14. The van der Waals surface area contributed by atoms with Gasteiger partial charge in [-0.05, 0) is 52.6 Å². The lowest BCUT2D eigenvalue weighted by molar-refractivity contribution is 0.206. The monoisotopic (exact) mass is 233 g/mol. The SMILES string of the molecule is CNC(C)c1cc(C)ccc1OC1CCCC1. The number of rotatable bonds is 4. The van der Waals surface area contributed by atoms with Crippen LogP contribution in [0.3, 0.4) is 0 Å². The molecule has 0 bridgehead atoms. The van der Waals surface area contributed by atoms with Gasteiger partial charge >= 0.3 is 0 Å². The Bertz CT molecular complexity index is 369. The molecule has 1 unspecified atom stereocenters. The average molecular weight is 233 g/mol. The van der Waals surface area contributed by atoms with E-state index in [0.29, 0.717) is 12.1 Å². The lowest BCUT2D eigenvalue weighted by Gasteiger charge is -2.20. The Hall–Kier alpha value is -1.02. The summed E-state index contributed by atoms with van der Waals surface area (Å²) in [7, 11) is 1.99. The first kappa shape index (κ1) is 12.4. The van der Waals surface area contributed by atoms with Crippen molar-refractivity contribution in [1.82, 2.24) is 5.32 Å². The molecule has 0 amide bonds. The minimum Gasteiger partial charge on any atom is -0.490 e. The van der Waals surface area contributed by atoms with E-state index in [1.807, 2.05) is 7.05 Å². The molecule has 0 radical (unpaired) electrons. The van der Waals surface area contributed by atoms with Crippen LogP contribution in [0.2, 0.25) is 0 Å². The standard InChI is InChI=1S/C15H23NO/c1-11-8-9-15(14(10-11)12(2)16-3)17-13-6-4-5-7-13/h8-10,12-13,16H,4-7H2,1-3H3. The van der Waals surface area contributed by atoms with Crippen LogP contribution in [-0.2, 0) is 0 Å². The third-order valence-corrected chi connectivity index (χ3v) is 3.66. The maximum atomic E-state index is 6.14. The Labute approximate surface area is 104 Å². The molecule has 0 heterocycles. The molecule has 0 aromatic heterocycles. The van der Waals surface area contributed by atoms with Gasteiger partial charge in [0.25, 0.3) is 0 Å². The first-order valence-corrected chi connectivity index (χ1v) is 6.65. The van der Waals surface area contributed by atoms with E-state index in [0.717, 1.165) is 5.75 Å². The van der Waals surface area contributed by atoms with Crippen molar-refractivity contribution >= 4 is 0 Å². The second-order valence-corrected chi connectivity index (χ2v) is 5.08. The van der Waals surface area contributed by atoms with E-state index in [1.165, 1.54) is 36.8 Å². The van der Waals surface area contributed by atoms with E-state index in [4.69, 9.17) is 4.74 Å². The summed E-state index contributed by atoms with van der Waals surface area (Å²) >= 11 is 0. The van der Waals surface area contributed by atoms with Crippen LogP contribution in [0.25, 0.3) is 0 Å². The molecule has 0 spiro atoms. The van der Waals surface area contributed by atoms with E-state index >= 15 is 0 Å². The van der Waals surface area contributed by atoms with Gasteiger partial charge in [-0.15, -0.1) is 0 Å². The van der Waals surface area contributed by atoms with Gasteiger partial charge in [-0.1, -0.05) is 17.7 Å². The molecular formula is C15H23NO. The Kier molecular flexibility index (Phi) is 4.06. The van der Waals surface area contributed by atoms with Crippen LogP contribution in [0.4, 0.5) is 0 Å². The highest BCUT2D eigenvalue weighted by Crippen LogP contribution is 2.30. The van der Waals surface area contributed by atoms with Gasteiger partial charge in [-0.3, -0.25) is 0 Å². The number of hydrogen-bond donors (Lipinski definition) is 1. The van der Waals surface area contributed by atoms with Gasteiger partial charge in [0.1, 0.15) is 5.75 Å². The van der Waals surface area contributed by atoms with Crippen molar-refractivity contribution in [3.8, 4) is 5.75 Å². The third kappa shape index (κ3) is 3.01. The summed E-state index contributed by atoms with van der Waals surface area (Å²) in [4.78, 5) is 0. The Morgan fingerprint density at radius 1 is 1.29 bits per heavy atom. The normalized spacial score (nSPS) is 18.3. The number of hydrogen-bond acceptors (Lipinski definition) is 2. The zero-order valence-electron chi connectivity index (χ0n) is 11.1. The van der Waals surface area contributed by atoms with Gasteiger partial charge in [0.05, 0.1) is 6.10 Å². The summed E-state index contributed by atoms with van der Waals surface area (Å²) in [6.45, 7) is 4.31. The summed E-state index contributed by atoms with van der Waals surface area (Å²) in [6, 6.07) is 6.82. The van der Waals surface area contributed by atoms with Crippen molar-refractivity contribution in [2.45, 2.75) is 51.7 Å². The summed E-state index contributed by atoms with van der Waals surface area (Å²) in [5.74, 6) is 1.06. The van der Waals surface area contributed by atoms with Gasteiger partial charge < -0.3 is 10.1 Å². The van der Waals surface area contributed by atoms with Gasteiger partial charge in [0.2, 0.25) is 0 Å². The molecule has 1 N–H and O–H groups in total. The molecule has 1 aromatic carbocycles. The molecule has 94 valence electrons. The van der Waals surface area contributed by atoms with Crippen LogP contribution in [-0.4, -0.2) is 13.2 Å². The van der Waals surface area contributed by atoms with Gasteiger partial charge in [0.15, 0.2) is 0 Å². The largest absolute Gasteiger partial charge is 0.490 e. The van der Waals surface area contributed by atoms with Crippen LogP contribution in [0.1, 0.15) is 49.8 Å². The van der Waals surface area contributed by atoms with Gasteiger partial charge in [0, 0.05) is 11.6 Å². The fourth-order valence-corrected chi connectivity index (χ4v) is 2.45. The van der Waals surface area contributed by atoms with E-state index in [9.17, 15) is 0 Å². The maximum Gasteiger partial charge on any atom is 0.124 e. The van der Waals surface area contributed by atoms with Crippen molar-refractivity contribution in [2.24, 2.45) is 0 Å². The summed E-state index contributed by atoms with van der Waals surface area (Å²) in [5, 5.41) is 3.29. The second-order valence-electron chi connectivity index (χ2n) is 5.08. The molecular weight excluding hydrogens is 210 g/mol. The number of ether oxygens (including phenoxy) is 1. The minimum absolute atomic E-state index is 0.339. The van der Waals surface area contributed by atoms with E-state index < -0.39 is 0 Å². The molecule has 1 saturated carbocycles. The minimum atomic E-state index is 0.339. The third-order valence-electron chi connectivity index (χ3n) is 3.66. The van der Waals surface area contributed by atoms with Crippen molar-refractivity contribution in [3.63, 3.8) is 0 Å². The Balaban J connectivity index is 2.19. The van der Waals surface area contributed by atoms with E-state index in [-0.39, 0.29) is 0 Å². The first-order valence-electron chi connectivity index (χ1n) is 6.65. The average Bonchev–Trinajstić information content (AvgIpc) is 2.83. The molecule has 0 aliphatic heterocycles. The van der Waals surface area contributed by atoms with E-state index in [2.05, 4.69) is 37.4 Å². The molecule has 1 aliphatic rings. The number of benzene rings is 1. The van der Waals surface area contributed by atoms with E-state index in [1.54, 1.807) is 0 Å². The van der Waals surface area contributed by atoms with Gasteiger partial charge in [-0.25, -0.2) is 0 Å². The number of aryl methyl sites for hydroxylation is 1. The summed E-state index contributed by atoms with van der Waals surface area (Å²) in [5.41, 5.74) is 2.57. The molecule has 2 heteroatoms. The van der Waals surface area contributed by atoms with Crippen LogP contribution >= 0.6 is 0 Å². The van der Waals surface area contributed by atoms with Crippen LogP contribution in [0.5, 0.6) is 5.75 Å². The zero-order chi connectivity index (χ0) is 12.3. The van der Waals surface area contributed by atoms with Crippen LogP contribution < -0.4 is 10.1 Å². The molecule has 1 aromatic rings. The number of nitrogens with one attached hydrogen (secondary N) is 1. The predicted octanol–water partition coefficient (Wildman–Crippen LogP) is 3.60. The molecule has 2 rings (SSSR count). The highest BCUT2D eigenvalue weighted by molar-refractivity contribution is 5.39. The fraction of sp³-hybridized carbons (Fsp3) is 0.600. The van der Waals surface area contributed by atoms with Crippen molar-refractivity contribution < 1.29 is 4.74 Å². The Morgan fingerprint density at radius 2 is 2.00 bits per heavy atom. The Morgan fingerprint density at radius 3 is 2.65 bits per heavy atom. The lowest BCUT2D eigenvalue weighted by atomic mass is 10.0. The maximum absolute atomic E-state index is 6.14. The van der Waals surface area contributed by atoms with Crippen LogP contribution in [0.15, 0.2) is 18.2 Å². The smallest absolute Gasteiger partial charge is 0.124 e. The topological polar surface area (TPSA) is 21.3 Å². The molecule has 0 saturated heterocycles. The van der Waals surface area contributed by atoms with Crippen molar-refractivity contribution in [1.29, 1.82) is 0 Å². The van der Waals surface area contributed by atoms with Crippen molar-refractivity contribution in [2.75, 3.05) is 7.05 Å². The quantitative estimate of drug-likeness (QED) is 0.858. The van der Waals surface area contributed by atoms with Gasteiger partial charge in [-0.2, -0.15) is 0 Å². The molecule has 2 nitrogen and oxygen atoms in total. The molecule has 1 fully saturated rings. The van der Waals surface area contributed by atoms with Crippen molar-refractivity contribution in [3.05, 3.63) is 29.3 Å². The molecule has 1 atom stereocenters. The summed E-state index contributed by atoms with van der Waals surface area (Å²) in [6.07, 6.45) is 5.48. The van der Waals surface area contributed by atoms with Crippen LogP contribution in [0, 0.1) is 6.92 Å². The first-order chi connectivity index (χ1) is 8.20. The highest BCUT2D eigenvalue weighted by Gasteiger charge is 2.19. The highest BCUT2D eigenvalue weighted by atomic mass is 16.5. The second kappa shape index (κ2) is 5.54.